The Morgan fingerprint density at radius 2 is 1.93 bits per heavy atom. The van der Waals surface area contributed by atoms with Crippen LogP contribution in [0.5, 0.6) is 5.75 Å². The van der Waals surface area contributed by atoms with Crippen LogP contribution in [0.2, 0.25) is 0 Å². The van der Waals surface area contributed by atoms with Crippen LogP contribution in [-0.4, -0.2) is 22.1 Å². The molecule has 8 nitrogen and oxygen atoms in total. The summed E-state index contributed by atoms with van der Waals surface area (Å²) in [6.07, 6.45) is 0.101. The molecule has 0 aliphatic heterocycles. The average molecular weight is 392 g/mol. The normalized spacial score (nSPS) is 11.4. The number of hydrogen-bond donors (Lipinski definition) is 3. The van der Waals surface area contributed by atoms with Crippen LogP contribution in [0.15, 0.2) is 45.7 Å². The minimum atomic E-state index is -0.510. The smallest absolute Gasteiger partial charge is 0.417 e. The summed E-state index contributed by atoms with van der Waals surface area (Å²) in [5, 5.41) is 6.33. The molecule has 29 heavy (non-hydrogen) atoms. The maximum absolute atomic E-state index is 11.4. The summed E-state index contributed by atoms with van der Waals surface area (Å²) < 4.78 is 18.7. The van der Waals surface area contributed by atoms with Gasteiger partial charge in [-0.15, -0.1) is 0 Å². The Hall–Kier alpha value is -3.81. The lowest BCUT2D eigenvalue weighted by Gasteiger charge is -2.13. The van der Waals surface area contributed by atoms with Crippen molar-refractivity contribution in [1.82, 2.24) is 15.0 Å². The molecule has 0 fully saturated rings. The van der Waals surface area contributed by atoms with Crippen LogP contribution in [0.3, 0.4) is 0 Å². The highest BCUT2D eigenvalue weighted by Gasteiger charge is 2.09. The molecule has 0 aliphatic carbocycles. The van der Waals surface area contributed by atoms with Crippen LogP contribution >= 0.6 is 0 Å². The lowest BCUT2D eigenvalue weighted by atomic mass is 10.1. The maximum Gasteiger partial charge on any atom is 0.417 e. The minimum Gasteiger partial charge on any atom is -0.496 e. The van der Waals surface area contributed by atoms with Gasteiger partial charge in [0.05, 0.1) is 14.0 Å². The molecule has 3 N–H and O–H groups in total. The molecule has 8 heteroatoms. The molecular weight excluding hydrogens is 370 g/mol. The van der Waals surface area contributed by atoms with Gasteiger partial charge in [0.2, 0.25) is 5.95 Å². The van der Waals surface area contributed by atoms with Gasteiger partial charge in [-0.3, -0.25) is 4.98 Å². The number of aromatic amines is 1. The van der Waals surface area contributed by atoms with Gasteiger partial charge in [0, 0.05) is 29.2 Å². The lowest BCUT2D eigenvalue weighted by molar-refractivity contribution is 0.411. The Bertz CT molecular complexity index is 1310. The minimum absolute atomic E-state index is 0.101. The molecule has 0 saturated heterocycles. The van der Waals surface area contributed by atoms with Gasteiger partial charge >= 0.3 is 5.76 Å². The van der Waals surface area contributed by atoms with E-state index in [-0.39, 0.29) is 12.1 Å². The first-order valence-electron chi connectivity index (χ1n) is 9.51. The summed E-state index contributed by atoms with van der Waals surface area (Å²) in [6.45, 7) is 5.76. The number of aromatic nitrogens is 3. The predicted octanol–water partition coefficient (Wildman–Crippen LogP) is 4.33. The van der Waals surface area contributed by atoms with E-state index in [0.29, 0.717) is 28.2 Å². The van der Waals surface area contributed by atoms with Gasteiger partial charge in [-0.05, 0) is 56.2 Å². The zero-order valence-corrected chi connectivity index (χ0v) is 16.5. The van der Waals surface area contributed by atoms with E-state index in [1.807, 2.05) is 26.0 Å². The van der Waals surface area contributed by atoms with Crippen LogP contribution in [0.4, 0.5) is 23.1 Å². The van der Waals surface area contributed by atoms with E-state index in [9.17, 15) is 4.79 Å². The number of methoxy groups -OCH3 is 1. The SMILES string of the molecule is [2H]c1nc(Nc2cc(C)c(C)c(OC)c2)nc(Nc2ccc3oc(=O)[nH]c3c2)c1C. The number of rotatable bonds is 5. The van der Waals surface area contributed by atoms with Crippen LogP contribution in [0, 0.1) is 20.8 Å². The summed E-state index contributed by atoms with van der Waals surface area (Å²) >= 11 is 0. The molecule has 0 atom stereocenters. The molecule has 0 aliphatic rings. The predicted molar refractivity (Wildman–Crippen MR) is 113 cm³/mol. The molecule has 0 spiro atoms. The van der Waals surface area contributed by atoms with Crippen molar-refractivity contribution in [3.8, 4) is 5.75 Å². The van der Waals surface area contributed by atoms with Crippen molar-refractivity contribution in [3.63, 3.8) is 0 Å². The number of aryl methyl sites for hydroxylation is 1. The monoisotopic (exact) mass is 392 g/mol. The summed E-state index contributed by atoms with van der Waals surface area (Å²) in [4.78, 5) is 22.7. The van der Waals surface area contributed by atoms with E-state index in [4.69, 9.17) is 10.5 Å². The molecule has 2 aromatic carbocycles. The van der Waals surface area contributed by atoms with Crippen molar-refractivity contribution in [3.05, 3.63) is 63.7 Å². The Labute approximate surface area is 168 Å². The van der Waals surface area contributed by atoms with Gasteiger partial charge in [0.15, 0.2) is 5.58 Å². The largest absolute Gasteiger partial charge is 0.496 e. The second kappa shape index (κ2) is 7.31. The molecule has 0 amide bonds. The van der Waals surface area contributed by atoms with Crippen molar-refractivity contribution in [1.29, 1.82) is 0 Å². The van der Waals surface area contributed by atoms with Crippen LogP contribution in [0.25, 0.3) is 11.1 Å². The van der Waals surface area contributed by atoms with Crippen LogP contribution < -0.4 is 21.1 Å². The van der Waals surface area contributed by atoms with E-state index in [1.165, 1.54) is 0 Å². The van der Waals surface area contributed by atoms with Gasteiger partial charge in [-0.1, -0.05) is 0 Å². The number of oxazole rings is 1. The molecule has 148 valence electrons. The summed E-state index contributed by atoms with van der Waals surface area (Å²) in [7, 11) is 1.63. The standard InChI is InChI=1S/C21H21N5O3/c1-11-7-15(9-18(28-4)13(11)3)24-20-22-10-12(2)19(26-20)23-14-5-6-17-16(8-14)25-21(27)29-17/h5-10H,1-4H3,(H,25,27)(H2,22,23,24,26)/i10D. The number of benzene rings is 2. The fourth-order valence-corrected chi connectivity index (χ4v) is 2.99. The molecule has 0 radical (unpaired) electrons. The molecule has 2 aromatic heterocycles. The molecule has 0 saturated carbocycles. The number of nitrogens with zero attached hydrogens (tertiary/aromatic N) is 2. The Morgan fingerprint density at radius 1 is 1.10 bits per heavy atom. The van der Waals surface area contributed by atoms with Crippen LogP contribution in [-0.2, 0) is 0 Å². The van der Waals surface area contributed by atoms with Gasteiger partial charge < -0.3 is 19.8 Å². The number of nitrogens with one attached hydrogen (secondary N) is 3. The fraction of sp³-hybridized carbons (Fsp3) is 0.190. The average Bonchev–Trinajstić information content (AvgIpc) is 3.07. The number of anilines is 4. The summed E-state index contributed by atoms with van der Waals surface area (Å²) in [5.74, 6) is 1.02. The third kappa shape index (κ3) is 3.77. The Morgan fingerprint density at radius 3 is 2.72 bits per heavy atom. The van der Waals surface area contributed by atoms with Crippen molar-refractivity contribution >= 4 is 34.2 Å². The molecule has 0 bridgehead atoms. The van der Waals surface area contributed by atoms with Gasteiger partial charge in [0.25, 0.3) is 0 Å². The van der Waals surface area contributed by atoms with Crippen LogP contribution in [0.1, 0.15) is 18.1 Å². The Kier molecular flexibility index (Phi) is 4.36. The highest BCUT2D eigenvalue weighted by Crippen LogP contribution is 2.28. The van der Waals surface area contributed by atoms with Crippen molar-refractivity contribution in [2.75, 3.05) is 17.7 Å². The topological polar surface area (TPSA) is 105 Å². The van der Waals surface area contributed by atoms with Gasteiger partial charge in [-0.2, -0.15) is 4.98 Å². The fourth-order valence-electron chi connectivity index (χ4n) is 2.99. The molecular formula is C21H21N5O3. The zero-order valence-electron chi connectivity index (χ0n) is 17.5. The highest BCUT2D eigenvalue weighted by molar-refractivity contribution is 5.78. The van der Waals surface area contributed by atoms with E-state index in [0.717, 1.165) is 22.6 Å². The second-order valence-corrected chi connectivity index (χ2v) is 6.73. The van der Waals surface area contributed by atoms with Crippen molar-refractivity contribution in [2.45, 2.75) is 20.8 Å². The van der Waals surface area contributed by atoms with E-state index < -0.39 is 5.76 Å². The first kappa shape index (κ1) is 17.3. The maximum atomic E-state index is 11.4. The third-order valence-corrected chi connectivity index (χ3v) is 4.68. The lowest BCUT2D eigenvalue weighted by Crippen LogP contribution is -2.03. The number of fused-ring (bicyclic) bond motifs is 1. The first-order chi connectivity index (χ1) is 14.3. The zero-order chi connectivity index (χ0) is 21.4. The molecule has 2 heterocycles. The molecule has 4 rings (SSSR count). The summed E-state index contributed by atoms with van der Waals surface area (Å²) in [5.41, 5.74) is 5.22. The Balaban J connectivity index is 1.66. The molecule has 4 aromatic rings. The van der Waals surface area contributed by atoms with E-state index in [1.54, 1.807) is 32.2 Å². The molecule has 0 unspecified atom stereocenters. The van der Waals surface area contributed by atoms with E-state index >= 15 is 0 Å². The van der Waals surface area contributed by atoms with Crippen molar-refractivity contribution in [2.24, 2.45) is 0 Å². The second-order valence-electron chi connectivity index (χ2n) is 6.73. The summed E-state index contributed by atoms with van der Waals surface area (Å²) in [6, 6.07) is 9.04. The van der Waals surface area contributed by atoms with Crippen molar-refractivity contribution < 1.29 is 10.5 Å². The van der Waals surface area contributed by atoms with E-state index in [2.05, 4.69) is 25.6 Å². The number of ether oxygens (including phenoxy) is 1. The number of hydrogen-bond acceptors (Lipinski definition) is 7. The van der Waals surface area contributed by atoms with Gasteiger partial charge in [-0.25, -0.2) is 9.78 Å². The quantitative estimate of drug-likeness (QED) is 0.464. The third-order valence-electron chi connectivity index (χ3n) is 4.68. The first-order valence-corrected chi connectivity index (χ1v) is 9.01. The highest BCUT2D eigenvalue weighted by atomic mass is 16.5. The number of H-pyrrole nitrogens is 1. The van der Waals surface area contributed by atoms with Gasteiger partial charge in [0.1, 0.15) is 11.6 Å².